The van der Waals surface area contributed by atoms with Crippen molar-refractivity contribution in [1.82, 2.24) is 14.6 Å². The van der Waals surface area contributed by atoms with Crippen LogP contribution in [0.1, 0.15) is 59.6 Å². The maximum Gasteiger partial charge on any atom is 0.252 e. The molecule has 3 heterocycles. The highest BCUT2D eigenvalue weighted by molar-refractivity contribution is 7.15. The molecule has 0 spiro atoms. The van der Waals surface area contributed by atoms with Crippen LogP contribution < -0.4 is 5.73 Å². The predicted octanol–water partition coefficient (Wildman–Crippen LogP) is 5.36. The highest BCUT2D eigenvalue weighted by Gasteiger charge is 2.46. The lowest BCUT2D eigenvalue weighted by Crippen LogP contribution is -2.46. The number of carbonyl (C=O) groups is 1. The van der Waals surface area contributed by atoms with E-state index >= 15 is 0 Å². The monoisotopic (exact) mass is 442 g/mol. The quantitative estimate of drug-likeness (QED) is 0.540. The van der Waals surface area contributed by atoms with Crippen molar-refractivity contribution in [3.8, 4) is 11.3 Å². The van der Waals surface area contributed by atoms with Gasteiger partial charge in [-0.2, -0.15) is 5.10 Å². The van der Waals surface area contributed by atoms with Crippen LogP contribution in [0.2, 0.25) is 0 Å². The van der Waals surface area contributed by atoms with E-state index in [9.17, 15) is 13.6 Å². The summed E-state index contributed by atoms with van der Waals surface area (Å²) in [7, 11) is 0. The molecule has 0 saturated heterocycles. The molecule has 31 heavy (non-hydrogen) atoms. The SMILES string of the molecule is N[C@@H]1CCCC(F)(F)C1CC(=O)c1nc(-c2cnn3ccccc23)c(C2=CCCC2)s1. The number of pyridine rings is 1. The molecule has 0 aromatic carbocycles. The van der Waals surface area contributed by atoms with Crippen LogP contribution in [0.3, 0.4) is 0 Å². The van der Waals surface area contributed by atoms with Gasteiger partial charge in [0.2, 0.25) is 0 Å². The molecule has 1 fully saturated rings. The van der Waals surface area contributed by atoms with Crippen LogP contribution in [0.25, 0.3) is 22.3 Å². The number of hydrogen-bond donors (Lipinski definition) is 1. The molecule has 0 amide bonds. The number of nitrogens with zero attached hydrogens (tertiary/aromatic N) is 3. The third-order valence-corrected chi connectivity index (χ3v) is 7.56. The van der Waals surface area contributed by atoms with Crippen LogP contribution in [-0.2, 0) is 0 Å². The number of allylic oxidation sites excluding steroid dienone is 2. The van der Waals surface area contributed by atoms with E-state index in [1.807, 2.05) is 24.4 Å². The predicted molar refractivity (Wildman–Crippen MR) is 117 cm³/mol. The minimum Gasteiger partial charge on any atom is -0.327 e. The van der Waals surface area contributed by atoms with Crippen LogP contribution in [0, 0.1) is 5.92 Å². The van der Waals surface area contributed by atoms with E-state index in [1.54, 1.807) is 10.7 Å². The first kappa shape index (κ1) is 20.5. The number of alkyl halides is 2. The van der Waals surface area contributed by atoms with E-state index in [4.69, 9.17) is 5.73 Å². The molecular formula is C23H24F2N4OS. The van der Waals surface area contributed by atoms with Crippen LogP contribution in [0.15, 0.2) is 36.7 Å². The lowest BCUT2D eigenvalue weighted by molar-refractivity contribution is -0.0923. The molecule has 1 unspecified atom stereocenters. The fraction of sp³-hybridized carbons (Fsp3) is 0.435. The summed E-state index contributed by atoms with van der Waals surface area (Å²) in [6.45, 7) is 0. The van der Waals surface area contributed by atoms with Gasteiger partial charge in [0, 0.05) is 36.6 Å². The Hall–Kier alpha value is -2.45. The molecule has 0 aliphatic heterocycles. The van der Waals surface area contributed by atoms with Crippen molar-refractivity contribution < 1.29 is 13.6 Å². The van der Waals surface area contributed by atoms with E-state index in [0.29, 0.717) is 18.5 Å². The molecule has 0 radical (unpaired) electrons. The molecule has 2 atom stereocenters. The van der Waals surface area contributed by atoms with Gasteiger partial charge in [-0.3, -0.25) is 4.79 Å². The first-order valence-electron chi connectivity index (χ1n) is 10.7. The van der Waals surface area contributed by atoms with Crippen molar-refractivity contribution in [3.63, 3.8) is 0 Å². The van der Waals surface area contributed by atoms with E-state index in [1.165, 1.54) is 16.9 Å². The normalized spacial score (nSPS) is 23.3. The fourth-order valence-corrected chi connectivity index (χ4v) is 5.79. The summed E-state index contributed by atoms with van der Waals surface area (Å²) in [5.74, 6) is -4.39. The Kier molecular flexibility index (Phi) is 5.22. The Morgan fingerprint density at radius 2 is 2.19 bits per heavy atom. The van der Waals surface area contributed by atoms with Crippen LogP contribution in [-0.4, -0.2) is 32.3 Å². The van der Waals surface area contributed by atoms with Crippen molar-refractivity contribution in [3.05, 3.63) is 46.6 Å². The van der Waals surface area contributed by atoms with Crippen molar-refractivity contribution in [2.45, 2.75) is 56.9 Å². The van der Waals surface area contributed by atoms with Crippen molar-refractivity contribution in [1.29, 1.82) is 0 Å². The van der Waals surface area contributed by atoms with Gasteiger partial charge in [-0.25, -0.2) is 18.3 Å². The smallest absolute Gasteiger partial charge is 0.252 e. The topological polar surface area (TPSA) is 73.3 Å². The molecule has 162 valence electrons. The van der Waals surface area contributed by atoms with E-state index in [2.05, 4.69) is 16.2 Å². The molecule has 3 aromatic rings. The number of thiazole rings is 1. The third-order valence-electron chi connectivity index (χ3n) is 6.39. The number of fused-ring (bicyclic) bond motifs is 1. The third kappa shape index (κ3) is 3.72. The summed E-state index contributed by atoms with van der Waals surface area (Å²) in [5.41, 5.74) is 9.61. The number of rotatable bonds is 5. The van der Waals surface area contributed by atoms with Gasteiger partial charge in [-0.15, -0.1) is 11.3 Å². The zero-order valence-electron chi connectivity index (χ0n) is 17.1. The van der Waals surface area contributed by atoms with Gasteiger partial charge in [0.15, 0.2) is 10.8 Å². The highest BCUT2D eigenvalue weighted by Crippen LogP contribution is 2.43. The molecule has 5 nitrogen and oxygen atoms in total. The van der Waals surface area contributed by atoms with Gasteiger partial charge in [0.05, 0.1) is 22.3 Å². The second kappa shape index (κ2) is 7.91. The second-order valence-electron chi connectivity index (χ2n) is 8.46. The van der Waals surface area contributed by atoms with Gasteiger partial charge < -0.3 is 5.73 Å². The van der Waals surface area contributed by atoms with Crippen LogP contribution >= 0.6 is 11.3 Å². The fourth-order valence-electron chi connectivity index (χ4n) is 4.69. The molecule has 5 rings (SSSR count). The summed E-state index contributed by atoms with van der Waals surface area (Å²) < 4.78 is 30.7. The average Bonchev–Trinajstić information content (AvgIpc) is 3.49. The Morgan fingerprint density at radius 3 is 2.97 bits per heavy atom. The standard InChI is InChI=1S/C23H24F2N4OS/c24-23(25)10-5-8-17(26)16(23)12-19(30)22-28-20(21(31-22)14-6-1-2-7-14)15-13-27-29-11-4-3-9-18(15)29/h3-4,6,9,11,13,16-17H,1-2,5,7-8,10,12,26H2/t16?,17-/m1/s1. The van der Waals surface area contributed by atoms with Crippen molar-refractivity contribution >= 4 is 28.2 Å². The van der Waals surface area contributed by atoms with E-state index in [0.717, 1.165) is 35.2 Å². The zero-order valence-corrected chi connectivity index (χ0v) is 17.9. The van der Waals surface area contributed by atoms with Crippen LogP contribution in [0.4, 0.5) is 8.78 Å². The van der Waals surface area contributed by atoms with E-state index in [-0.39, 0.29) is 23.6 Å². The number of carbonyl (C=O) groups excluding carboxylic acids is 1. The van der Waals surface area contributed by atoms with Gasteiger partial charge in [-0.05, 0) is 49.8 Å². The van der Waals surface area contributed by atoms with Crippen molar-refractivity contribution in [2.75, 3.05) is 0 Å². The van der Waals surface area contributed by atoms with Gasteiger partial charge in [0.1, 0.15) is 0 Å². The molecule has 1 saturated carbocycles. The molecule has 0 bridgehead atoms. The zero-order chi connectivity index (χ0) is 21.6. The van der Waals surface area contributed by atoms with E-state index < -0.39 is 17.9 Å². The first-order chi connectivity index (χ1) is 14.9. The summed E-state index contributed by atoms with van der Waals surface area (Å²) in [5, 5.41) is 4.68. The average molecular weight is 443 g/mol. The summed E-state index contributed by atoms with van der Waals surface area (Å²) in [4.78, 5) is 18.7. The summed E-state index contributed by atoms with van der Waals surface area (Å²) in [6, 6.07) is 5.12. The molecular weight excluding hydrogens is 418 g/mol. The van der Waals surface area contributed by atoms with Gasteiger partial charge in [0.25, 0.3) is 5.92 Å². The number of Topliss-reactive ketones (excluding diaryl/α,β-unsaturated/α-hetero) is 1. The molecule has 3 aromatic heterocycles. The van der Waals surface area contributed by atoms with Crippen LogP contribution in [0.5, 0.6) is 0 Å². The van der Waals surface area contributed by atoms with Gasteiger partial charge in [-0.1, -0.05) is 12.1 Å². The molecule has 8 heteroatoms. The number of ketones is 1. The number of aromatic nitrogens is 3. The molecule has 2 aliphatic carbocycles. The van der Waals surface area contributed by atoms with Crippen molar-refractivity contribution in [2.24, 2.45) is 11.7 Å². The van der Waals surface area contributed by atoms with Gasteiger partial charge >= 0.3 is 0 Å². The Morgan fingerprint density at radius 1 is 1.32 bits per heavy atom. The first-order valence-corrected chi connectivity index (χ1v) is 11.6. The number of hydrogen-bond acceptors (Lipinski definition) is 5. The Labute approximate surface area is 183 Å². The number of nitrogens with two attached hydrogens (primary N) is 1. The minimum atomic E-state index is -2.91. The maximum absolute atomic E-state index is 14.5. The second-order valence-corrected chi connectivity index (χ2v) is 9.46. The summed E-state index contributed by atoms with van der Waals surface area (Å²) in [6.07, 6.45) is 9.22. The largest absolute Gasteiger partial charge is 0.327 e. The highest BCUT2D eigenvalue weighted by atomic mass is 32.1. The molecule has 2 aliphatic rings. The lowest BCUT2D eigenvalue weighted by Gasteiger charge is -2.35. The Balaban J connectivity index is 1.53. The summed E-state index contributed by atoms with van der Waals surface area (Å²) >= 11 is 1.31. The Bertz CT molecular complexity index is 1170. The molecule has 2 N–H and O–H groups in total. The number of halogens is 2. The minimum absolute atomic E-state index is 0.206. The lowest BCUT2D eigenvalue weighted by atomic mass is 9.79. The maximum atomic E-state index is 14.5.